The van der Waals surface area contributed by atoms with Crippen molar-refractivity contribution in [3.05, 3.63) is 101 Å². The van der Waals surface area contributed by atoms with E-state index in [9.17, 15) is 10.1 Å². The van der Waals surface area contributed by atoms with E-state index in [4.69, 9.17) is 9.72 Å². The second-order valence-corrected chi connectivity index (χ2v) is 11.0. The molecule has 4 rings (SSSR count). The summed E-state index contributed by atoms with van der Waals surface area (Å²) in [5, 5.41) is 12.8. The number of piperidine rings is 1. The van der Waals surface area contributed by atoms with Gasteiger partial charge in [0, 0.05) is 36.2 Å². The van der Waals surface area contributed by atoms with Gasteiger partial charge >= 0.3 is 0 Å². The molecule has 41 heavy (non-hydrogen) atoms. The summed E-state index contributed by atoms with van der Waals surface area (Å²) in [6, 6.07) is 19.1. The first-order valence-electron chi connectivity index (χ1n) is 13.8. The van der Waals surface area contributed by atoms with Crippen molar-refractivity contribution in [2.75, 3.05) is 41.9 Å². The number of rotatable bonds is 12. The molecule has 2 aromatic carbocycles. The van der Waals surface area contributed by atoms with Gasteiger partial charge in [-0.1, -0.05) is 24.3 Å². The largest absolute Gasteiger partial charge is 0.497 e. The van der Waals surface area contributed by atoms with E-state index >= 15 is 0 Å². The number of hydrogen-bond donors (Lipinski definition) is 1. The number of carbonyl (C=O) groups is 1. The number of nitrogens with one attached hydrogen (secondary N) is 1. The van der Waals surface area contributed by atoms with Crippen LogP contribution in [0.15, 0.2) is 84.4 Å². The minimum Gasteiger partial charge on any atom is -0.497 e. The lowest BCUT2D eigenvalue weighted by atomic mass is 9.93. The average molecular weight is 615 g/mol. The Morgan fingerprint density at radius 1 is 1.17 bits per heavy atom. The van der Waals surface area contributed by atoms with Crippen molar-refractivity contribution in [3.8, 4) is 11.8 Å². The molecular weight excluding hydrogens is 578 g/mol. The highest BCUT2D eigenvalue weighted by Crippen LogP contribution is 2.32. The van der Waals surface area contributed by atoms with Crippen LogP contribution < -0.4 is 19.9 Å². The third-order valence-corrected chi connectivity index (χ3v) is 8.01. The summed E-state index contributed by atoms with van der Waals surface area (Å²) >= 11 is 3.67. The van der Waals surface area contributed by atoms with Crippen LogP contribution in [-0.2, 0) is 6.54 Å². The van der Waals surface area contributed by atoms with Gasteiger partial charge in [0.2, 0.25) is 0 Å². The van der Waals surface area contributed by atoms with E-state index in [0.29, 0.717) is 48.2 Å². The molecule has 7 nitrogen and oxygen atoms in total. The van der Waals surface area contributed by atoms with Crippen LogP contribution in [0.25, 0.3) is 0 Å². The Hall–Kier alpha value is -4.09. The molecule has 212 valence electrons. The molecule has 1 amide bonds. The molecule has 2 heterocycles. The molecule has 1 fully saturated rings. The van der Waals surface area contributed by atoms with E-state index < -0.39 is 0 Å². The molecule has 1 N–H and O–H groups in total. The molecular formula is C33H36BrN5O2. The van der Waals surface area contributed by atoms with Crippen LogP contribution in [0.2, 0.25) is 0 Å². The molecule has 0 radical (unpaired) electrons. The van der Waals surface area contributed by atoms with Gasteiger partial charge in [0.25, 0.3) is 5.91 Å². The Morgan fingerprint density at radius 3 is 2.59 bits per heavy atom. The monoisotopic (exact) mass is 613 g/mol. The van der Waals surface area contributed by atoms with Gasteiger partial charge in [-0.05, 0) is 95.6 Å². The Kier molecular flexibility index (Phi) is 10.6. The van der Waals surface area contributed by atoms with Crippen molar-refractivity contribution in [2.24, 2.45) is 5.92 Å². The summed E-state index contributed by atoms with van der Waals surface area (Å²) < 4.78 is 6.24. The molecule has 1 saturated heterocycles. The lowest BCUT2D eigenvalue weighted by molar-refractivity contribution is 0.102. The Morgan fingerprint density at radius 2 is 1.93 bits per heavy atom. The van der Waals surface area contributed by atoms with Crippen LogP contribution in [0.5, 0.6) is 5.75 Å². The van der Waals surface area contributed by atoms with Crippen LogP contribution >= 0.6 is 15.9 Å². The molecule has 3 aromatic rings. The van der Waals surface area contributed by atoms with E-state index in [0.717, 1.165) is 53.8 Å². The maximum Gasteiger partial charge on any atom is 0.256 e. The molecule has 0 atom stereocenters. The van der Waals surface area contributed by atoms with Crippen molar-refractivity contribution < 1.29 is 9.53 Å². The fourth-order valence-corrected chi connectivity index (χ4v) is 5.53. The number of hydrogen-bond acceptors (Lipinski definition) is 6. The average Bonchev–Trinajstić information content (AvgIpc) is 3.00. The maximum absolute atomic E-state index is 13.4. The number of anilines is 3. The van der Waals surface area contributed by atoms with E-state index in [1.54, 1.807) is 25.3 Å². The van der Waals surface area contributed by atoms with Gasteiger partial charge in [-0.15, -0.1) is 13.2 Å². The lowest BCUT2D eigenvalue weighted by Crippen LogP contribution is -2.34. The molecule has 0 unspecified atom stereocenters. The van der Waals surface area contributed by atoms with Crippen molar-refractivity contribution in [3.63, 3.8) is 0 Å². The number of nitriles is 1. The highest BCUT2D eigenvalue weighted by Gasteiger charge is 2.22. The number of carbonyl (C=O) groups excluding carboxylic acids is 1. The van der Waals surface area contributed by atoms with Gasteiger partial charge in [0.1, 0.15) is 23.5 Å². The van der Waals surface area contributed by atoms with E-state index in [1.807, 2.05) is 53.5 Å². The smallest absolute Gasteiger partial charge is 0.256 e. The van der Waals surface area contributed by atoms with Crippen molar-refractivity contribution in [1.82, 2.24) is 4.98 Å². The molecule has 0 aliphatic carbocycles. The van der Waals surface area contributed by atoms with Gasteiger partial charge in [-0.25, -0.2) is 4.98 Å². The van der Waals surface area contributed by atoms with Gasteiger partial charge in [-0.2, -0.15) is 5.26 Å². The predicted octanol–water partition coefficient (Wildman–Crippen LogP) is 7.35. The zero-order valence-corrected chi connectivity index (χ0v) is 25.1. The standard InChI is InChI=1S/C33H36BrN5O2/c1-4-6-18-39(23-25-8-12-28(41-3)13-9-25)32-27(22-35)11-15-31(36-32)37-33(40)26-10-14-29(34)30(21-26)38-19-16-24(7-5-2)17-20-38/h4-5,8-15,21,24H,1-2,6-7,16-20,23H2,3H3,(H,36,37,40). The SMILES string of the molecule is C=CCCN(Cc1ccc(OC)cc1)c1nc(NC(=O)c2ccc(Br)c(N3CCC(CC=C)CC3)c2)ccc1C#N. The zero-order valence-electron chi connectivity index (χ0n) is 23.5. The molecule has 1 aromatic heterocycles. The number of aromatic nitrogens is 1. The Balaban J connectivity index is 1.54. The number of halogens is 1. The predicted molar refractivity (Wildman–Crippen MR) is 170 cm³/mol. The van der Waals surface area contributed by atoms with Crippen LogP contribution in [0.4, 0.5) is 17.3 Å². The number of allylic oxidation sites excluding steroid dienone is 1. The number of methoxy groups -OCH3 is 1. The van der Waals surface area contributed by atoms with Gasteiger partial charge < -0.3 is 19.9 Å². The summed E-state index contributed by atoms with van der Waals surface area (Å²) in [5.74, 6) is 2.09. The van der Waals surface area contributed by atoms with Crippen LogP contribution in [-0.4, -0.2) is 37.6 Å². The first kappa shape index (κ1) is 29.9. The first-order chi connectivity index (χ1) is 19.9. The molecule has 0 bridgehead atoms. The van der Waals surface area contributed by atoms with Gasteiger partial charge in [0.05, 0.1) is 18.4 Å². The molecule has 1 aliphatic heterocycles. The minimum absolute atomic E-state index is 0.253. The number of ether oxygens (including phenoxy) is 1. The number of nitrogens with zero attached hydrogens (tertiary/aromatic N) is 4. The summed E-state index contributed by atoms with van der Waals surface area (Å²) in [5.41, 5.74) is 3.04. The normalized spacial score (nSPS) is 13.2. The topological polar surface area (TPSA) is 81.5 Å². The van der Waals surface area contributed by atoms with Gasteiger partial charge in [0.15, 0.2) is 0 Å². The van der Waals surface area contributed by atoms with Crippen LogP contribution in [0, 0.1) is 17.2 Å². The highest BCUT2D eigenvalue weighted by atomic mass is 79.9. The van der Waals surface area contributed by atoms with Gasteiger partial charge in [-0.3, -0.25) is 4.79 Å². The molecule has 0 saturated carbocycles. The summed E-state index contributed by atoms with van der Waals surface area (Å²) in [7, 11) is 1.64. The number of pyridine rings is 1. The minimum atomic E-state index is -0.253. The Labute approximate surface area is 251 Å². The quantitative estimate of drug-likeness (QED) is 0.215. The summed E-state index contributed by atoms with van der Waals surface area (Å²) in [4.78, 5) is 22.5. The summed E-state index contributed by atoms with van der Waals surface area (Å²) in [6.07, 6.45) is 7.80. The van der Waals surface area contributed by atoms with E-state index in [2.05, 4.69) is 45.4 Å². The lowest BCUT2D eigenvalue weighted by Gasteiger charge is -2.34. The van der Waals surface area contributed by atoms with Crippen LogP contribution in [0.1, 0.15) is 47.2 Å². The second kappa shape index (κ2) is 14.5. The Bertz CT molecular complexity index is 1410. The third-order valence-electron chi connectivity index (χ3n) is 7.34. The fraction of sp³-hybridized carbons (Fsp3) is 0.303. The third kappa shape index (κ3) is 7.77. The molecule has 8 heteroatoms. The number of amides is 1. The second-order valence-electron chi connectivity index (χ2n) is 10.1. The van der Waals surface area contributed by atoms with Crippen LogP contribution in [0.3, 0.4) is 0 Å². The highest BCUT2D eigenvalue weighted by molar-refractivity contribution is 9.10. The van der Waals surface area contributed by atoms with E-state index in [1.165, 1.54) is 0 Å². The maximum atomic E-state index is 13.4. The number of benzene rings is 2. The zero-order chi connectivity index (χ0) is 29.2. The first-order valence-corrected chi connectivity index (χ1v) is 14.6. The van der Waals surface area contributed by atoms with Crippen molar-refractivity contribution >= 4 is 39.2 Å². The fourth-order valence-electron chi connectivity index (χ4n) is 5.03. The molecule has 0 spiro atoms. The van der Waals surface area contributed by atoms with Crippen molar-refractivity contribution in [1.29, 1.82) is 5.26 Å². The summed E-state index contributed by atoms with van der Waals surface area (Å²) in [6.45, 7) is 10.8. The van der Waals surface area contributed by atoms with Crippen molar-refractivity contribution in [2.45, 2.75) is 32.2 Å². The molecule has 1 aliphatic rings. The van der Waals surface area contributed by atoms with E-state index in [-0.39, 0.29) is 5.91 Å².